The Morgan fingerprint density at radius 2 is 1.94 bits per heavy atom. The number of hydrogen-bond acceptors (Lipinski definition) is 7. The number of nitrogens with zero attached hydrogens (tertiary/aromatic N) is 2. The van der Waals surface area contributed by atoms with Gasteiger partial charge < -0.3 is 9.84 Å². The number of rotatable bonds is 5. The summed E-state index contributed by atoms with van der Waals surface area (Å²) in [5, 5.41) is 8.58. The first-order chi connectivity index (χ1) is 15.8. The fraction of sp³-hybridized carbons (Fsp3) is 0.174. The quantitative estimate of drug-likeness (QED) is 0.557. The second kappa shape index (κ2) is 9.32. The molecule has 2 heterocycles. The van der Waals surface area contributed by atoms with Crippen LogP contribution in [-0.2, 0) is 9.53 Å². The van der Waals surface area contributed by atoms with Crippen LogP contribution in [0.5, 0.6) is 5.75 Å². The molecule has 1 aliphatic heterocycles. The van der Waals surface area contributed by atoms with Crippen molar-refractivity contribution in [2.45, 2.75) is 24.1 Å². The van der Waals surface area contributed by atoms with E-state index in [2.05, 4.69) is 4.99 Å². The third-order valence-corrected chi connectivity index (χ3v) is 6.99. The zero-order chi connectivity index (χ0) is 23.7. The lowest BCUT2D eigenvalue weighted by molar-refractivity contribution is -0.138. The topological polar surface area (TPSA) is 80.9 Å². The molecular formula is C23H18F2N2O4S2. The molecule has 0 bridgehead atoms. The van der Waals surface area contributed by atoms with Crippen molar-refractivity contribution >= 4 is 35.1 Å². The van der Waals surface area contributed by atoms with Crippen molar-refractivity contribution in [1.82, 2.24) is 4.57 Å². The smallest absolute Gasteiger partial charge is 0.338 e. The highest BCUT2D eigenvalue weighted by Crippen LogP contribution is 2.38. The van der Waals surface area contributed by atoms with E-state index in [1.54, 1.807) is 13.8 Å². The predicted octanol–water partition coefficient (Wildman–Crippen LogP) is 3.48. The van der Waals surface area contributed by atoms with Crippen LogP contribution in [0, 0.1) is 11.6 Å². The lowest BCUT2D eigenvalue weighted by atomic mass is 10.2. The molecule has 170 valence electrons. The Kier molecular flexibility index (Phi) is 6.48. The Labute approximate surface area is 195 Å². The highest BCUT2D eigenvalue weighted by Gasteiger charge is 2.32. The standard InChI is InChI=1S/C23H18F2N2O4S2/c1-3-31-22(30)18-12(2)26-23-27(21(18)32-14-7-5-4-6-8-14)20(29)17(33-23)11-13-9-15(24)19(28)16(25)10-13/h4-11,21,28H,3H2,1-2H3/b17-11-. The first kappa shape index (κ1) is 22.9. The number of aromatic nitrogens is 1. The number of thiazole rings is 1. The third-order valence-electron chi connectivity index (χ3n) is 4.79. The van der Waals surface area contributed by atoms with Gasteiger partial charge in [0, 0.05) is 4.90 Å². The maximum atomic E-state index is 13.8. The molecule has 1 N–H and O–H groups in total. The van der Waals surface area contributed by atoms with Crippen molar-refractivity contribution in [1.29, 1.82) is 0 Å². The summed E-state index contributed by atoms with van der Waals surface area (Å²) in [5.74, 6) is -3.91. The van der Waals surface area contributed by atoms with E-state index in [0.717, 1.165) is 28.4 Å². The number of carbonyl (C=O) groups is 1. The lowest BCUT2D eigenvalue weighted by Crippen LogP contribution is -2.38. The fourth-order valence-corrected chi connectivity index (χ4v) is 5.67. The first-order valence-corrected chi connectivity index (χ1v) is 11.6. The Morgan fingerprint density at radius 3 is 2.58 bits per heavy atom. The van der Waals surface area contributed by atoms with E-state index in [0.29, 0.717) is 10.5 Å². The number of carbonyl (C=O) groups excluding carboxylic acids is 1. The summed E-state index contributed by atoms with van der Waals surface area (Å²) in [6.07, 6.45) is 1.32. The number of halogens is 2. The van der Waals surface area contributed by atoms with Gasteiger partial charge in [0.25, 0.3) is 5.56 Å². The number of benzene rings is 2. The van der Waals surface area contributed by atoms with Crippen molar-refractivity contribution in [3.05, 3.63) is 90.6 Å². The van der Waals surface area contributed by atoms with Gasteiger partial charge in [-0.05, 0) is 49.8 Å². The minimum atomic E-state index is -1.13. The van der Waals surface area contributed by atoms with Gasteiger partial charge in [-0.25, -0.2) is 18.6 Å². The maximum Gasteiger partial charge on any atom is 0.338 e. The van der Waals surface area contributed by atoms with Gasteiger partial charge in [0.2, 0.25) is 0 Å². The number of aromatic hydroxyl groups is 1. The molecule has 1 unspecified atom stereocenters. The van der Waals surface area contributed by atoms with Crippen LogP contribution >= 0.6 is 23.1 Å². The lowest BCUT2D eigenvalue weighted by Gasteiger charge is -2.23. The van der Waals surface area contributed by atoms with Gasteiger partial charge in [0.1, 0.15) is 5.37 Å². The normalized spacial score (nSPS) is 15.9. The minimum absolute atomic E-state index is 0.0710. The highest BCUT2D eigenvalue weighted by atomic mass is 32.2. The molecule has 0 aliphatic carbocycles. The SMILES string of the molecule is CCOC(=O)C1=C(C)N=c2s/c(=C\c3cc(F)c(O)c(F)c3)c(=O)n2C1Sc1ccccc1. The van der Waals surface area contributed by atoms with Gasteiger partial charge in [-0.1, -0.05) is 41.3 Å². The molecule has 1 aliphatic rings. The fourth-order valence-electron chi connectivity index (χ4n) is 3.30. The van der Waals surface area contributed by atoms with E-state index >= 15 is 0 Å². The molecule has 4 rings (SSSR count). The van der Waals surface area contributed by atoms with Crippen molar-refractivity contribution in [2.24, 2.45) is 4.99 Å². The highest BCUT2D eigenvalue weighted by molar-refractivity contribution is 7.99. The number of fused-ring (bicyclic) bond motifs is 1. The molecule has 6 nitrogen and oxygen atoms in total. The van der Waals surface area contributed by atoms with Crippen LogP contribution in [0.2, 0.25) is 0 Å². The van der Waals surface area contributed by atoms with Crippen LogP contribution in [0.1, 0.15) is 24.8 Å². The second-order valence-electron chi connectivity index (χ2n) is 7.02. The summed E-state index contributed by atoms with van der Waals surface area (Å²) >= 11 is 2.34. The second-order valence-corrected chi connectivity index (χ2v) is 9.18. The number of ether oxygens (including phenoxy) is 1. The first-order valence-electron chi connectivity index (χ1n) is 9.89. The zero-order valence-corrected chi connectivity index (χ0v) is 19.2. The van der Waals surface area contributed by atoms with Gasteiger partial charge in [0.05, 0.1) is 22.4 Å². The minimum Gasteiger partial charge on any atom is -0.503 e. The van der Waals surface area contributed by atoms with E-state index in [-0.39, 0.29) is 22.3 Å². The van der Waals surface area contributed by atoms with Gasteiger partial charge in [-0.15, -0.1) is 0 Å². The van der Waals surface area contributed by atoms with Crippen molar-refractivity contribution in [2.75, 3.05) is 6.61 Å². The summed E-state index contributed by atoms with van der Waals surface area (Å²) in [6, 6.07) is 11.1. The summed E-state index contributed by atoms with van der Waals surface area (Å²) in [4.78, 5) is 31.7. The molecule has 0 saturated carbocycles. The average Bonchev–Trinajstić information content (AvgIpc) is 3.07. The number of esters is 1. The molecule has 0 saturated heterocycles. The summed E-state index contributed by atoms with van der Waals surface area (Å²) < 4.78 is 34.3. The molecule has 0 spiro atoms. The Morgan fingerprint density at radius 1 is 1.27 bits per heavy atom. The number of hydrogen-bond donors (Lipinski definition) is 1. The monoisotopic (exact) mass is 488 g/mol. The number of phenols is 1. The molecule has 0 fully saturated rings. The van der Waals surface area contributed by atoms with Crippen LogP contribution in [-0.4, -0.2) is 22.2 Å². The van der Waals surface area contributed by atoms with Crippen molar-refractivity contribution < 1.29 is 23.4 Å². The average molecular weight is 489 g/mol. The van der Waals surface area contributed by atoms with Gasteiger partial charge in [0.15, 0.2) is 22.2 Å². The summed E-state index contributed by atoms with van der Waals surface area (Å²) in [7, 11) is 0. The predicted molar refractivity (Wildman–Crippen MR) is 122 cm³/mol. The molecule has 2 aromatic carbocycles. The van der Waals surface area contributed by atoms with Crippen LogP contribution in [0.3, 0.4) is 0 Å². The Bertz CT molecular complexity index is 1420. The number of allylic oxidation sites excluding steroid dienone is 1. The van der Waals surface area contributed by atoms with Crippen molar-refractivity contribution in [3.63, 3.8) is 0 Å². The number of thioether (sulfide) groups is 1. The van der Waals surface area contributed by atoms with Gasteiger partial charge in [-0.2, -0.15) is 0 Å². The van der Waals surface area contributed by atoms with E-state index in [4.69, 9.17) is 4.74 Å². The molecular weight excluding hydrogens is 470 g/mol. The summed E-state index contributed by atoms with van der Waals surface area (Å²) in [5.41, 5.74) is 0.291. The van der Waals surface area contributed by atoms with Crippen LogP contribution < -0.4 is 14.9 Å². The van der Waals surface area contributed by atoms with Crippen LogP contribution in [0.15, 0.2) is 68.4 Å². The van der Waals surface area contributed by atoms with Gasteiger partial charge >= 0.3 is 5.97 Å². The molecule has 0 radical (unpaired) electrons. The van der Waals surface area contributed by atoms with E-state index in [9.17, 15) is 23.5 Å². The van der Waals surface area contributed by atoms with E-state index in [1.165, 1.54) is 22.4 Å². The molecule has 1 aromatic heterocycles. The molecule has 1 atom stereocenters. The molecule has 10 heteroatoms. The Balaban J connectivity index is 1.89. The zero-order valence-electron chi connectivity index (χ0n) is 17.5. The van der Waals surface area contributed by atoms with Crippen LogP contribution in [0.4, 0.5) is 8.78 Å². The maximum absolute atomic E-state index is 13.8. The molecule has 33 heavy (non-hydrogen) atoms. The molecule has 3 aromatic rings. The Hall–Kier alpha value is -3.24. The van der Waals surface area contributed by atoms with Crippen LogP contribution in [0.25, 0.3) is 6.08 Å². The third kappa shape index (κ3) is 4.49. The summed E-state index contributed by atoms with van der Waals surface area (Å²) in [6.45, 7) is 3.53. The molecule has 0 amide bonds. The van der Waals surface area contributed by atoms with E-state index < -0.39 is 34.3 Å². The van der Waals surface area contributed by atoms with E-state index in [1.807, 2.05) is 30.3 Å². The van der Waals surface area contributed by atoms with Gasteiger partial charge in [-0.3, -0.25) is 9.36 Å². The van der Waals surface area contributed by atoms with Crippen molar-refractivity contribution in [3.8, 4) is 5.75 Å². The number of phenolic OH excluding ortho intramolecular Hbond substituents is 1. The largest absolute Gasteiger partial charge is 0.503 e.